The van der Waals surface area contributed by atoms with Gasteiger partial charge in [0.15, 0.2) is 8.32 Å². The van der Waals surface area contributed by atoms with Gasteiger partial charge in [-0.25, -0.2) is 0 Å². The lowest BCUT2D eigenvalue weighted by Gasteiger charge is -2.36. The van der Waals surface area contributed by atoms with Crippen LogP contribution in [0.4, 0.5) is 0 Å². The summed E-state index contributed by atoms with van der Waals surface area (Å²) in [7, 11) is -1.62. The molecule has 0 bridgehead atoms. The number of ether oxygens (including phenoxy) is 1. The van der Waals surface area contributed by atoms with Crippen LogP contribution in [0.3, 0.4) is 0 Å². The van der Waals surface area contributed by atoms with Crippen molar-refractivity contribution in [3.8, 4) is 11.8 Å². The van der Waals surface area contributed by atoms with E-state index in [0.717, 1.165) is 58.2 Å². The van der Waals surface area contributed by atoms with E-state index in [4.69, 9.17) is 9.16 Å². The molecule has 35 heavy (non-hydrogen) atoms. The molecule has 196 valence electrons. The molecule has 0 saturated heterocycles. The second-order valence-electron chi connectivity index (χ2n) is 12.1. The Morgan fingerprint density at radius 3 is 2.34 bits per heavy atom. The molecule has 0 N–H and O–H groups in total. The normalized spacial score (nSPS) is 15.9. The number of allylic oxidation sites excluding steroid dienone is 1. The maximum Gasteiger partial charge on any atom is 0.191 e. The van der Waals surface area contributed by atoms with Gasteiger partial charge in [0, 0.05) is 25.0 Å². The lowest BCUT2D eigenvalue weighted by molar-refractivity contribution is 0.117. The van der Waals surface area contributed by atoms with Crippen LogP contribution in [0.5, 0.6) is 0 Å². The Morgan fingerprint density at radius 1 is 0.971 bits per heavy atom. The number of benzene rings is 1. The second kappa shape index (κ2) is 15.0. The van der Waals surface area contributed by atoms with Crippen LogP contribution in [0.1, 0.15) is 103 Å². The minimum atomic E-state index is -1.62. The van der Waals surface area contributed by atoms with E-state index in [2.05, 4.69) is 76.6 Å². The van der Waals surface area contributed by atoms with Crippen molar-refractivity contribution in [2.45, 2.75) is 123 Å². The summed E-state index contributed by atoms with van der Waals surface area (Å²) in [5.74, 6) is 7.33. The summed E-state index contributed by atoms with van der Waals surface area (Å²) in [6.07, 6.45) is 14.2. The Labute approximate surface area is 218 Å². The zero-order chi connectivity index (χ0) is 25.6. The summed E-state index contributed by atoms with van der Waals surface area (Å²) < 4.78 is 12.2. The summed E-state index contributed by atoms with van der Waals surface area (Å²) in [6, 6.07) is 10.4. The fraction of sp³-hybridized carbons (Fsp3) is 0.688. The molecule has 0 heterocycles. The molecular weight excluding hydrogens is 444 g/mol. The summed E-state index contributed by atoms with van der Waals surface area (Å²) in [4.78, 5) is 0. The lowest BCUT2D eigenvalue weighted by atomic mass is 9.70. The highest BCUT2D eigenvalue weighted by atomic mass is 28.4. The molecule has 0 amide bonds. The van der Waals surface area contributed by atoms with Crippen molar-refractivity contribution in [3.63, 3.8) is 0 Å². The van der Waals surface area contributed by atoms with E-state index in [9.17, 15) is 0 Å². The molecule has 3 heteroatoms. The highest BCUT2D eigenvalue weighted by Gasteiger charge is 2.36. The van der Waals surface area contributed by atoms with Crippen molar-refractivity contribution < 1.29 is 9.16 Å². The van der Waals surface area contributed by atoms with Gasteiger partial charge in [0.05, 0.1) is 6.61 Å². The van der Waals surface area contributed by atoms with Gasteiger partial charge in [0.2, 0.25) is 0 Å². The quantitative estimate of drug-likeness (QED) is 0.110. The average molecular weight is 497 g/mol. The van der Waals surface area contributed by atoms with E-state index in [1.165, 1.54) is 43.2 Å². The van der Waals surface area contributed by atoms with Gasteiger partial charge in [0.1, 0.15) is 0 Å². The van der Waals surface area contributed by atoms with E-state index < -0.39 is 8.32 Å². The fourth-order valence-electron chi connectivity index (χ4n) is 4.59. The van der Waals surface area contributed by atoms with Gasteiger partial charge in [-0.3, -0.25) is 0 Å². The molecule has 0 unspecified atom stereocenters. The highest BCUT2D eigenvalue weighted by Crippen LogP contribution is 2.41. The van der Waals surface area contributed by atoms with Crippen LogP contribution in [-0.2, 0) is 15.8 Å². The topological polar surface area (TPSA) is 18.5 Å². The van der Waals surface area contributed by atoms with Crippen LogP contribution in [0.25, 0.3) is 0 Å². The lowest BCUT2D eigenvalue weighted by Crippen LogP contribution is -2.40. The van der Waals surface area contributed by atoms with E-state index in [-0.39, 0.29) is 10.5 Å². The summed E-state index contributed by atoms with van der Waals surface area (Å²) in [5.41, 5.74) is 2.81. The summed E-state index contributed by atoms with van der Waals surface area (Å²) in [6.45, 7) is 18.5. The Balaban J connectivity index is 1.67. The molecule has 1 aliphatic carbocycles. The van der Waals surface area contributed by atoms with E-state index in [1.54, 1.807) is 0 Å². The molecule has 1 saturated carbocycles. The Morgan fingerprint density at radius 2 is 1.66 bits per heavy atom. The molecule has 2 nitrogen and oxygen atoms in total. The maximum atomic E-state index is 6.32. The van der Waals surface area contributed by atoms with E-state index >= 15 is 0 Å². The van der Waals surface area contributed by atoms with Gasteiger partial charge in [0.25, 0.3) is 0 Å². The Bertz CT molecular complexity index is 788. The molecule has 0 radical (unpaired) electrons. The van der Waals surface area contributed by atoms with Gasteiger partial charge in [-0.1, -0.05) is 88.4 Å². The number of hydrogen-bond donors (Lipinski definition) is 0. The summed E-state index contributed by atoms with van der Waals surface area (Å²) >= 11 is 0. The summed E-state index contributed by atoms with van der Waals surface area (Å²) in [5, 5.41) is 0.289. The fourth-order valence-corrected chi connectivity index (χ4v) is 5.68. The van der Waals surface area contributed by atoms with Crippen molar-refractivity contribution in [2.24, 2.45) is 5.41 Å². The first-order chi connectivity index (χ1) is 16.6. The van der Waals surface area contributed by atoms with Crippen molar-refractivity contribution in [2.75, 3.05) is 13.2 Å². The monoisotopic (exact) mass is 496 g/mol. The minimum absolute atomic E-state index is 0.177. The van der Waals surface area contributed by atoms with Crippen molar-refractivity contribution in [3.05, 3.63) is 48.0 Å². The van der Waals surface area contributed by atoms with Gasteiger partial charge < -0.3 is 9.16 Å². The predicted molar refractivity (Wildman–Crippen MR) is 154 cm³/mol. The molecule has 1 fully saturated rings. The third kappa shape index (κ3) is 11.5. The third-order valence-electron chi connectivity index (χ3n) is 7.90. The molecule has 1 aromatic rings. The molecule has 0 aromatic heterocycles. The highest BCUT2D eigenvalue weighted by molar-refractivity contribution is 6.74. The molecule has 1 aromatic carbocycles. The molecule has 1 aliphatic rings. The smallest absolute Gasteiger partial charge is 0.191 e. The molecule has 0 aliphatic heterocycles. The van der Waals surface area contributed by atoms with E-state index in [1.807, 2.05) is 6.07 Å². The van der Waals surface area contributed by atoms with Crippen LogP contribution in [0.15, 0.2) is 42.5 Å². The maximum absolute atomic E-state index is 6.32. The van der Waals surface area contributed by atoms with Crippen LogP contribution in [-0.4, -0.2) is 21.5 Å². The third-order valence-corrected chi connectivity index (χ3v) is 12.4. The van der Waals surface area contributed by atoms with Crippen LogP contribution in [0, 0.1) is 17.3 Å². The van der Waals surface area contributed by atoms with Crippen LogP contribution in [0.2, 0.25) is 18.1 Å². The SMILES string of the molecule is C=C(CCCCOCc1ccccc1)CC1(C#CCCCCO[Si](C)(C)C(C)(C)C)CCCCC1. The van der Waals surface area contributed by atoms with Crippen LogP contribution >= 0.6 is 0 Å². The first-order valence-corrected chi connectivity index (χ1v) is 17.0. The minimum Gasteiger partial charge on any atom is -0.417 e. The van der Waals surface area contributed by atoms with E-state index in [0.29, 0.717) is 6.61 Å². The number of unbranched alkanes of at least 4 members (excludes halogenated alkanes) is 3. The largest absolute Gasteiger partial charge is 0.417 e. The molecular formula is C32H52O2Si. The van der Waals surface area contributed by atoms with Crippen molar-refractivity contribution in [1.82, 2.24) is 0 Å². The molecule has 0 atom stereocenters. The Kier molecular flexibility index (Phi) is 12.8. The Hall–Kier alpha value is -1.34. The van der Waals surface area contributed by atoms with Gasteiger partial charge >= 0.3 is 0 Å². The molecule has 0 spiro atoms. The van der Waals surface area contributed by atoms with Gasteiger partial charge in [-0.05, 0) is 75.1 Å². The standard InChI is InChI=1S/C32H52O2Si/c1-29(19-13-18-25-33-28-30-20-11-9-12-21-30)27-32(23-15-10-16-24-32)22-14-7-8-17-26-34-35(5,6)31(2,3)4/h9,11-12,20-21H,1,7-8,10,13,15-19,23-28H2,2-6H3. The zero-order valence-electron chi connectivity index (χ0n) is 23.5. The first-order valence-electron chi connectivity index (χ1n) is 14.1. The first kappa shape index (κ1) is 29.9. The van der Waals surface area contributed by atoms with Crippen LogP contribution < -0.4 is 0 Å². The van der Waals surface area contributed by atoms with Crippen molar-refractivity contribution >= 4 is 8.32 Å². The predicted octanol–water partition coefficient (Wildman–Crippen LogP) is 9.47. The number of hydrogen-bond acceptors (Lipinski definition) is 2. The second-order valence-corrected chi connectivity index (χ2v) is 16.9. The van der Waals surface area contributed by atoms with Gasteiger partial charge in [-0.15, -0.1) is 5.92 Å². The zero-order valence-corrected chi connectivity index (χ0v) is 24.5. The van der Waals surface area contributed by atoms with Crippen molar-refractivity contribution in [1.29, 1.82) is 0 Å². The van der Waals surface area contributed by atoms with Gasteiger partial charge in [-0.2, -0.15) is 0 Å². The molecule has 2 rings (SSSR count). The average Bonchev–Trinajstić information content (AvgIpc) is 2.81. The number of rotatable bonds is 14.